The summed E-state index contributed by atoms with van der Waals surface area (Å²) in [6, 6.07) is 4.73. The number of ether oxygens (including phenoxy) is 1. The number of rotatable bonds is 5. The summed E-state index contributed by atoms with van der Waals surface area (Å²) in [4.78, 5) is -0.405. The number of benzene rings is 2. The van der Waals surface area contributed by atoms with Crippen LogP contribution in [0.5, 0.6) is 5.75 Å². The van der Waals surface area contributed by atoms with Crippen LogP contribution in [0.15, 0.2) is 41.3 Å². The van der Waals surface area contributed by atoms with E-state index in [2.05, 4.69) is 0 Å². The van der Waals surface area contributed by atoms with Gasteiger partial charge in [-0.3, -0.25) is 4.72 Å². The van der Waals surface area contributed by atoms with Gasteiger partial charge in [-0.2, -0.15) is 26.3 Å². The standard InChI is InChI=1S/C18H17F6NO3S/c1-10(2)11-4-5-15(28-3)16(6-11)29(26,27)25-14-8-12(17(19,20)21)7-13(9-14)18(22,23)24/h4-10,25H,1-3H3. The molecule has 0 atom stereocenters. The molecule has 160 valence electrons. The average molecular weight is 441 g/mol. The summed E-state index contributed by atoms with van der Waals surface area (Å²) in [7, 11) is -3.36. The van der Waals surface area contributed by atoms with E-state index < -0.39 is 44.1 Å². The molecule has 2 aromatic carbocycles. The van der Waals surface area contributed by atoms with Crippen molar-refractivity contribution in [3.8, 4) is 5.75 Å². The zero-order chi connectivity index (χ0) is 22.2. The van der Waals surface area contributed by atoms with Crippen molar-refractivity contribution >= 4 is 15.7 Å². The molecule has 11 heteroatoms. The van der Waals surface area contributed by atoms with Crippen LogP contribution < -0.4 is 9.46 Å². The van der Waals surface area contributed by atoms with E-state index in [0.29, 0.717) is 17.7 Å². The van der Waals surface area contributed by atoms with E-state index in [1.54, 1.807) is 24.6 Å². The first kappa shape index (κ1) is 22.9. The van der Waals surface area contributed by atoms with Crippen LogP contribution in [0.2, 0.25) is 0 Å². The maximum absolute atomic E-state index is 13.0. The Morgan fingerprint density at radius 2 is 1.41 bits per heavy atom. The molecule has 0 radical (unpaired) electrons. The molecular formula is C18H17F6NO3S. The zero-order valence-corrected chi connectivity index (χ0v) is 16.3. The molecule has 4 nitrogen and oxygen atoms in total. The molecule has 1 N–H and O–H groups in total. The molecule has 2 rings (SSSR count). The Hall–Kier alpha value is -2.43. The number of methoxy groups -OCH3 is 1. The van der Waals surface area contributed by atoms with E-state index in [1.165, 1.54) is 19.2 Å². The third-order valence-electron chi connectivity index (χ3n) is 3.98. The molecule has 29 heavy (non-hydrogen) atoms. The van der Waals surface area contributed by atoms with Crippen LogP contribution in [0.1, 0.15) is 36.5 Å². The molecule has 0 amide bonds. The predicted molar refractivity (Wildman–Crippen MR) is 94.3 cm³/mol. The first-order chi connectivity index (χ1) is 13.1. The van der Waals surface area contributed by atoms with Crippen LogP contribution in [-0.2, 0) is 22.4 Å². The lowest BCUT2D eigenvalue weighted by Crippen LogP contribution is -2.17. The molecule has 0 aliphatic heterocycles. The highest BCUT2D eigenvalue weighted by atomic mass is 32.2. The molecule has 0 aliphatic carbocycles. The van der Waals surface area contributed by atoms with Crippen LogP contribution in [-0.4, -0.2) is 15.5 Å². The van der Waals surface area contributed by atoms with Crippen LogP contribution in [0, 0.1) is 0 Å². The van der Waals surface area contributed by atoms with Crippen molar-refractivity contribution in [1.82, 2.24) is 0 Å². The third-order valence-corrected chi connectivity index (χ3v) is 5.39. The summed E-state index contributed by atoms with van der Waals surface area (Å²) < 4.78 is 110. The van der Waals surface area contributed by atoms with Crippen LogP contribution in [0.25, 0.3) is 0 Å². The average Bonchev–Trinajstić information content (AvgIpc) is 2.58. The van der Waals surface area contributed by atoms with E-state index in [-0.39, 0.29) is 17.7 Å². The zero-order valence-electron chi connectivity index (χ0n) is 15.4. The van der Waals surface area contributed by atoms with Crippen LogP contribution in [0.3, 0.4) is 0 Å². The van der Waals surface area contributed by atoms with Gasteiger partial charge in [0.25, 0.3) is 10.0 Å². The second kappa shape index (κ2) is 7.77. The Kier molecular flexibility index (Phi) is 6.12. The molecule has 0 spiro atoms. The number of anilines is 1. The topological polar surface area (TPSA) is 55.4 Å². The molecule has 2 aromatic rings. The molecule has 0 aromatic heterocycles. The fourth-order valence-corrected chi connectivity index (χ4v) is 3.73. The van der Waals surface area contributed by atoms with Gasteiger partial charge in [0.2, 0.25) is 0 Å². The summed E-state index contributed by atoms with van der Waals surface area (Å²) in [5.74, 6) is -0.190. The highest BCUT2D eigenvalue weighted by Gasteiger charge is 2.37. The molecule has 0 saturated carbocycles. The maximum Gasteiger partial charge on any atom is 0.416 e. The van der Waals surface area contributed by atoms with Gasteiger partial charge in [-0.1, -0.05) is 19.9 Å². The van der Waals surface area contributed by atoms with Gasteiger partial charge in [-0.05, 0) is 41.8 Å². The Morgan fingerprint density at radius 1 is 0.897 bits per heavy atom. The Morgan fingerprint density at radius 3 is 1.83 bits per heavy atom. The Labute approximate surface area is 163 Å². The Bertz CT molecular complexity index is 965. The van der Waals surface area contributed by atoms with Gasteiger partial charge in [-0.25, -0.2) is 8.42 Å². The quantitative estimate of drug-likeness (QED) is 0.610. The minimum Gasteiger partial charge on any atom is -0.495 e. The molecule has 0 unspecified atom stereocenters. The van der Waals surface area contributed by atoms with Gasteiger partial charge in [0.15, 0.2) is 0 Å². The minimum absolute atomic E-state index is 0.0831. The number of sulfonamides is 1. The smallest absolute Gasteiger partial charge is 0.416 e. The normalized spacial score (nSPS) is 12.9. The second-order valence-electron chi connectivity index (χ2n) is 6.47. The molecule has 0 heterocycles. The lowest BCUT2D eigenvalue weighted by atomic mass is 10.0. The van der Waals surface area contributed by atoms with Gasteiger partial charge in [0.1, 0.15) is 10.6 Å². The van der Waals surface area contributed by atoms with Crippen molar-refractivity contribution in [2.75, 3.05) is 11.8 Å². The number of nitrogens with one attached hydrogen (secondary N) is 1. The summed E-state index contributed by atoms with van der Waals surface area (Å²) in [6.45, 7) is 3.57. The van der Waals surface area contributed by atoms with Crippen molar-refractivity contribution in [3.05, 3.63) is 53.1 Å². The third kappa shape index (κ3) is 5.34. The predicted octanol–water partition coefficient (Wildman–Crippen LogP) is 5.66. The van der Waals surface area contributed by atoms with Crippen molar-refractivity contribution < 1.29 is 39.5 Å². The van der Waals surface area contributed by atoms with E-state index in [9.17, 15) is 34.8 Å². The van der Waals surface area contributed by atoms with Crippen LogP contribution in [0.4, 0.5) is 32.0 Å². The molecule has 0 aliphatic rings. The van der Waals surface area contributed by atoms with E-state index in [1.807, 2.05) is 0 Å². The van der Waals surface area contributed by atoms with Crippen LogP contribution >= 0.6 is 0 Å². The van der Waals surface area contributed by atoms with Gasteiger partial charge >= 0.3 is 12.4 Å². The van der Waals surface area contributed by atoms with Gasteiger partial charge in [-0.15, -0.1) is 0 Å². The number of alkyl halides is 6. The van der Waals surface area contributed by atoms with E-state index in [4.69, 9.17) is 4.74 Å². The monoisotopic (exact) mass is 441 g/mol. The maximum atomic E-state index is 13.0. The van der Waals surface area contributed by atoms with Crippen molar-refractivity contribution in [3.63, 3.8) is 0 Å². The van der Waals surface area contributed by atoms with Crippen molar-refractivity contribution in [2.45, 2.75) is 37.0 Å². The summed E-state index contributed by atoms with van der Waals surface area (Å²) in [5, 5.41) is 0. The first-order valence-corrected chi connectivity index (χ1v) is 9.63. The molecule has 0 fully saturated rings. The fraction of sp³-hybridized carbons (Fsp3) is 0.333. The van der Waals surface area contributed by atoms with Crippen molar-refractivity contribution in [2.24, 2.45) is 0 Å². The lowest BCUT2D eigenvalue weighted by molar-refractivity contribution is -0.143. The summed E-state index contributed by atoms with van der Waals surface area (Å²) >= 11 is 0. The number of halogens is 6. The van der Waals surface area contributed by atoms with Gasteiger partial charge < -0.3 is 4.74 Å². The summed E-state index contributed by atoms with van der Waals surface area (Å²) in [6.07, 6.45) is -10.2. The largest absolute Gasteiger partial charge is 0.495 e. The lowest BCUT2D eigenvalue weighted by Gasteiger charge is -2.17. The summed E-state index contributed by atoms with van der Waals surface area (Å²) in [5.41, 5.74) is -3.55. The van der Waals surface area contributed by atoms with Gasteiger partial charge in [0, 0.05) is 0 Å². The first-order valence-electron chi connectivity index (χ1n) is 8.15. The van der Waals surface area contributed by atoms with Crippen molar-refractivity contribution in [1.29, 1.82) is 0 Å². The SMILES string of the molecule is COc1ccc(C(C)C)cc1S(=O)(=O)Nc1cc(C(F)(F)F)cc(C(F)(F)F)c1. The second-order valence-corrected chi connectivity index (χ2v) is 8.12. The number of hydrogen-bond donors (Lipinski definition) is 1. The highest BCUT2D eigenvalue weighted by Crippen LogP contribution is 2.38. The molecule has 0 bridgehead atoms. The molecule has 0 saturated heterocycles. The van der Waals surface area contributed by atoms with E-state index in [0.717, 1.165) is 0 Å². The Balaban J connectivity index is 2.59. The van der Waals surface area contributed by atoms with Gasteiger partial charge in [0.05, 0.1) is 23.9 Å². The molecular weight excluding hydrogens is 424 g/mol. The minimum atomic E-state index is -5.10. The number of hydrogen-bond acceptors (Lipinski definition) is 3. The highest BCUT2D eigenvalue weighted by molar-refractivity contribution is 7.92. The van der Waals surface area contributed by atoms with E-state index >= 15 is 0 Å². The fourth-order valence-electron chi connectivity index (χ4n) is 2.49.